The van der Waals surface area contributed by atoms with Crippen LogP contribution in [0.3, 0.4) is 0 Å². The molecule has 2 amide bonds. The van der Waals surface area contributed by atoms with Gasteiger partial charge in [-0.05, 0) is 94.3 Å². The maximum atomic E-state index is 13.9. The van der Waals surface area contributed by atoms with Gasteiger partial charge >= 0.3 is 277 Å². The van der Waals surface area contributed by atoms with Crippen molar-refractivity contribution < 1.29 is 410 Å². The van der Waals surface area contributed by atoms with Crippen LogP contribution in [0.5, 0.6) is 34.5 Å². The van der Waals surface area contributed by atoms with Crippen LogP contribution < -0.4 is 268 Å². The van der Waals surface area contributed by atoms with Crippen LogP contribution in [0.15, 0.2) is 132 Å². The molecule has 37 nitrogen and oxygen atoms in total. The third-order valence-corrected chi connectivity index (χ3v) is 18.4. The van der Waals surface area contributed by atoms with E-state index < -0.39 is 238 Å². The minimum atomic E-state index is -6.19. The van der Waals surface area contributed by atoms with E-state index in [-0.39, 0.29) is 319 Å². The molecule has 8 aromatic rings. The summed E-state index contributed by atoms with van der Waals surface area (Å²) in [6.07, 6.45) is 0. The maximum absolute atomic E-state index is 13.9. The van der Waals surface area contributed by atoms with Gasteiger partial charge in [0.15, 0.2) is 0 Å². The molecule has 0 aliphatic carbocycles. The Morgan fingerprint density at radius 2 is 0.594 bits per heavy atom. The number of phenols is 2. The van der Waals surface area contributed by atoms with Crippen LogP contribution in [0.1, 0.15) is 0 Å². The van der Waals surface area contributed by atoms with E-state index in [4.69, 9.17) is 0 Å². The number of urea groups is 1. The number of fused-ring (bicyclic) bond motifs is 4. The van der Waals surface area contributed by atoms with Gasteiger partial charge in [-0.2, -0.15) is 20.5 Å². The molecule has 0 fully saturated rings. The van der Waals surface area contributed by atoms with Gasteiger partial charge in [0.2, 0.25) is 0 Å². The van der Waals surface area contributed by atoms with Crippen molar-refractivity contribution in [3.05, 3.63) is 72.8 Å². The van der Waals surface area contributed by atoms with Crippen LogP contribution in [0.25, 0.3) is 43.1 Å². The number of hydrogen-bond acceptors (Lipinski definition) is 35. The molecule has 0 saturated heterocycles. The van der Waals surface area contributed by atoms with Crippen molar-refractivity contribution in [1.29, 1.82) is 0 Å². The van der Waals surface area contributed by atoms with Crippen LogP contribution in [0, 0.1) is 0 Å². The van der Waals surface area contributed by atoms with Gasteiger partial charge in [0.1, 0.15) is 92.4 Å². The Morgan fingerprint density at radius 1 is 0.323 bits per heavy atom. The van der Waals surface area contributed by atoms with Crippen LogP contribution in [-0.2, 0) is 115 Å². The number of benzene rings is 8. The quantitative estimate of drug-likeness (QED) is 0.0446. The summed E-state index contributed by atoms with van der Waals surface area (Å²) in [6, 6.07) is 0.343. The zero-order chi connectivity index (χ0) is 64.5. The molecule has 474 valence electrons. The molecule has 0 atom stereocenters. The Bertz CT molecular complexity index is 5200. The van der Waals surface area contributed by atoms with Gasteiger partial charge in [-0.3, -0.25) is 0 Å². The predicted octanol–water partition coefficient (Wildman–Crippen LogP) is -24.3. The largest absolute Gasteiger partial charge is 2.00 e. The molecular weight excluding hydrogens is 1640 g/mol. The molecule has 8 aromatic carbocycles. The Labute approximate surface area is 738 Å². The van der Waals surface area contributed by atoms with Gasteiger partial charge in [0.05, 0.1) is 62.9 Å². The normalized spacial score (nSPS) is 12.0. The molecule has 0 aromatic heterocycles. The van der Waals surface area contributed by atoms with Gasteiger partial charge in [0.25, 0.3) is 0 Å². The Balaban J connectivity index is -0.00000865. The number of carbonyl (C=O) groups is 1. The number of aromatic hydroxyl groups is 2. The molecule has 96 heavy (non-hydrogen) atoms. The molecule has 0 spiro atoms. The summed E-state index contributed by atoms with van der Waals surface area (Å²) >= 11 is 0. The van der Waals surface area contributed by atoms with Crippen LogP contribution in [0.4, 0.5) is 38.9 Å². The minimum absolute atomic E-state index is 0. The van der Waals surface area contributed by atoms with Crippen molar-refractivity contribution >= 4 is 164 Å². The molecular formula is C41H16Cu2N6Na8O31S8. The SMILES string of the molecule is O=C(Nc1cc(S(=O)(=O)[O-])c2c([O-])c(N=Nc3c([O-])c(S(=O)(=O)[O-])cc4cc(S(=O)(=O)[O-])cc(O)c34)cc(S(=O)(=O)[O-])c2c1)Nc1cc(S(=O)(=O)[O-])c2c([O-])c(N=Nc3c([O-])c(S(=O)(=O)[O-])cc4cc(S(=O)(=O)[O-])cc(O)c34)cc(S(=O)(=O)[O-])c2c1.[Cu+2].[Cu+2].[Na+].[Na+].[Na+].[Na+].[Na+].[Na+].[Na+].[Na+]. The number of amides is 2. The first kappa shape index (κ1) is 101. The van der Waals surface area contributed by atoms with Crippen molar-refractivity contribution in [3.63, 3.8) is 0 Å². The van der Waals surface area contributed by atoms with Gasteiger partial charge in [-0.25, -0.2) is 72.1 Å². The van der Waals surface area contributed by atoms with Crippen LogP contribution in [0.2, 0.25) is 0 Å². The van der Waals surface area contributed by atoms with E-state index in [0.29, 0.717) is 24.3 Å². The molecule has 0 bridgehead atoms. The number of hydrogen-bond donors (Lipinski definition) is 4. The summed E-state index contributed by atoms with van der Waals surface area (Å²) in [6.45, 7) is 0. The first-order valence-electron chi connectivity index (χ1n) is 21.3. The standard InChI is InChI=1S/C41H28N6O31S8.2Cu.8Na/c48-23-9-17(79(55,56)57)1-13-3-29(85(73,74)75)39(52)35(31(13)23)46-44-21-11-25(81(61,62)63)19-5-15(7-27(83(67,68)69)33(19)37(21)50)42-41(54)43-16-6-20-26(82(64,65)66)12-22(38(51)34(20)28(8-16)84(70,71)72)45-47-36-32-14(4-30(40(36)53)86(76,77)78)2-18(10-24(32)49)80(58,59)60;;;;;;;;;;/h1-12,48-53H,(H2,42,43,54)(H,55,56,57)(H,58,59,60)(H,61,62,63)(H,64,65,66)(H,67,68,69)(H,70,71,72)(H,73,74,75)(H,76,77,78);;;;;;;;;;/q;2*+2;8*+1/p-12. The van der Waals surface area contributed by atoms with E-state index in [1.807, 2.05) is 0 Å². The first-order chi connectivity index (χ1) is 39.1. The van der Waals surface area contributed by atoms with Crippen molar-refractivity contribution in [1.82, 2.24) is 0 Å². The summed E-state index contributed by atoms with van der Waals surface area (Å²) < 4.78 is 295. The van der Waals surface area contributed by atoms with Crippen molar-refractivity contribution in [2.45, 2.75) is 39.2 Å². The fourth-order valence-corrected chi connectivity index (χ4v) is 13.3. The Morgan fingerprint density at radius 3 is 0.844 bits per heavy atom. The minimum Gasteiger partial charge on any atom is -0.871 e. The molecule has 2 radical (unpaired) electrons. The monoisotopic (exact) mass is 1650 g/mol. The smallest absolute Gasteiger partial charge is 0.871 e. The molecule has 0 saturated carbocycles. The van der Waals surface area contributed by atoms with Crippen LogP contribution >= 0.6 is 0 Å². The summed E-state index contributed by atoms with van der Waals surface area (Å²) in [5.41, 5.74) is -8.25. The molecule has 0 aliphatic heterocycles. The van der Waals surface area contributed by atoms with Gasteiger partial charge in [0, 0.05) is 31.9 Å². The predicted molar refractivity (Wildman–Crippen MR) is 262 cm³/mol. The summed E-state index contributed by atoms with van der Waals surface area (Å²) in [4.78, 5) is 0.280. The van der Waals surface area contributed by atoms with E-state index in [9.17, 15) is 139 Å². The Kier molecular flexibility index (Phi) is 37.8. The third kappa shape index (κ3) is 21.8. The number of phenolic OH excluding ortho intramolecular Hbond substituents is 2. The second-order valence-corrected chi connectivity index (χ2v) is 27.9. The molecule has 4 N–H and O–H groups in total. The zero-order valence-electron chi connectivity index (χ0n) is 48.8. The van der Waals surface area contributed by atoms with Gasteiger partial charge in [-0.15, -0.1) is 0 Å². The fraction of sp³-hybridized carbons (Fsp3) is 0. The second-order valence-electron chi connectivity index (χ2n) is 17.0. The first-order valence-corrected chi connectivity index (χ1v) is 32.6. The molecule has 8 rings (SSSR count). The average Bonchev–Trinajstić information content (AvgIpc) is 0.763. The van der Waals surface area contributed by atoms with Gasteiger partial charge in [-0.1, -0.05) is 23.0 Å². The molecule has 0 unspecified atom stereocenters. The number of rotatable bonds is 14. The number of anilines is 2. The number of azo groups is 2. The topological polar surface area (TPSA) is 681 Å². The number of carbonyl (C=O) groups excluding carboxylic acids is 1. The van der Waals surface area contributed by atoms with Crippen molar-refractivity contribution in [3.8, 4) is 34.5 Å². The zero-order valence-corrected chi connectivity index (χ0v) is 73.2. The maximum Gasteiger partial charge on any atom is 2.00 e. The molecule has 0 aliphatic rings. The van der Waals surface area contributed by atoms with E-state index in [0.717, 1.165) is 0 Å². The summed E-state index contributed by atoms with van der Waals surface area (Å²) in [7, 11) is -47.4. The van der Waals surface area contributed by atoms with E-state index in [1.165, 1.54) is 0 Å². The van der Waals surface area contributed by atoms with Crippen molar-refractivity contribution in [2.75, 3.05) is 10.6 Å². The van der Waals surface area contributed by atoms with E-state index >= 15 is 0 Å². The Hall–Kier alpha value is 0.389. The number of nitrogens with one attached hydrogen (secondary N) is 2. The van der Waals surface area contributed by atoms with Crippen LogP contribution in [-0.4, -0.2) is 120 Å². The second kappa shape index (κ2) is 36.1. The third-order valence-electron chi connectivity index (χ3n) is 11.6. The summed E-state index contributed by atoms with van der Waals surface area (Å²) in [5.74, 6) is -10.5. The fourth-order valence-electron chi connectivity index (χ4n) is 8.19. The number of nitrogens with zero attached hydrogens (tertiary/aromatic N) is 4. The van der Waals surface area contributed by atoms with E-state index in [2.05, 4.69) is 20.5 Å². The average molecular weight is 1660 g/mol. The van der Waals surface area contributed by atoms with Gasteiger partial charge < -0.3 is 77.7 Å². The van der Waals surface area contributed by atoms with E-state index in [1.54, 1.807) is 10.6 Å². The summed E-state index contributed by atoms with van der Waals surface area (Å²) in [5, 5.41) is 82.3. The van der Waals surface area contributed by atoms with Crippen molar-refractivity contribution in [2.24, 2.45) is 20.5 Å². The molecule has 0 heterocycles. The molecule has 55 heteroatoms.